The third-order valence-corrected chi connectivity index (χ3v) is 4.31. The van der Waals surface area contributed by atoms with Gasteiger partial charge in [0.15, 0.2) is 0 Å². The van der Waals surface area contributed by atoms with Crippen LogP contribution in [0.4, 0.5) is 5.82 Å². The molecule has 0 aliphatic carbocycles. The number of carbonyl (C=O) groups is 1. The van der Waals surface area contributed by atoms with E-state index in [1.807, 2.05) is 29.3 Å². The number of thiophene rings is 1. The van der Waals surface area contributed by atoms with Crippen LogP contribution in [-0.4, -0.2) is 48.1 Å². The minimum absolute atomic E-state index is 0.0994. The first-order valence-corrected chi connectivity index (χ1v) is 7.59. The molecule has 3 heterocycles. The number of fused-ring (bicyclic) bond motifs is 1. The lowest BCUT2D eigenvalue weighted by Gasteiger charge is -2.29. The van der Waals surface area contributed by atoms with Crippen molar-refractivity contribution in [2.75, 3.05) is 31.6 Å². The van der Waals surface area contributed by atoms with Crippen LogP contribution in [0.3, 0.4) is 0 Å². The molecule has 6 heteroatoms. The van der Waals surface area contributed by atoms with Gasteiger partial charge in [0.1, 0.15) is 11.9 Å². The van der Waals surface area contributed by atoms with Gasteiger partial charge in [-0.15, -0.1) is 11.3 Å². The third-order valence-electron chi connectivity index (χ3n) is 3.43. The minimum atomic E-state index is -0.286. The summed E-state index contributed by atoms with van der Waals surface area (Å²) in [6.07, 6.45) is 1.77. The Morgan fingerprint density at radius 1 is 1.45 bits per heavy atom. The van der Waals surface area contributed by atoms with E-state index >= 15 is 0 Å². The molecule has 1 amide bonds. The molecule has 5 nitrogen and oxygen atoms in total. The average Bonchev–Trinajstić information content (AvgIpc) is 2.97. The monoisotopic (exact) mass is 291 g/mol. The highest BCUT2D eigenvalue weighted by Crippen LogP contribution is 2.26. The summed E-state index contributed by atoms with van der Waals surface area (Å²) in [7, 11) is 0. The van der Waals surface area contributed by atoms with Crippen LogP contribution >= 0.6 is 11.3 Å². The minimum Gasteiger partial charge on any atom is -0.378 e. The number of nitrogens with one attached hydrogen (secondary N) is 1. The van der Waals surface area contributed by atoms with Gasteiger partial charge in [-0.05, 0) is 24.4 Å². The van der Waals surface area contributed by atoms with Crippen LogP contribution < -0.4 is 5.32 Å². The van der Waals surface area contributed by atoms with Gasteiger partial charge < -0.3 is 15.0 Å². The summed E-state index contributed by atoms with van der Waals surface area (Å²) in [5.41, 5.74) is 0. The fourth-order valence-electron chi connectivity index (χ4n) is 2.33. The van der Waals surface area contributed by atoms with Crippen LogP contribution in [0.15, 0.2) is 23.7 Å². The highest BCUT2D eigenvalue weighted by Gasteiger charge is 2.22. The zero-order valence-electron chi connectivity index (χ0n) is 11.3. The number of nitrogens with zero attached hydrogens (tertiary/aromatic N) is 2. The lowest BCUT2D eigenvalue weighted by molar-refractivity contribution is -0.135. The number of amides is 1. The zero-order chi connectivity index (χ0) is 13.9. The van der Waals surface area contributed by atoms with Gasteiger partial charge in [-0.2, -0.15) is 0 Å². The molecular formula is C14H17N3O2S. The SMILES string of the molecule is CC(Nc1nccc2sccc12)C(=O)N1CCOCC1. The topological polar surface area (TPSA) is 54.5 Å². The Kier molecular flexibility index (Phi) is 3.84. The molecule has 0 aromatic carbocycles. The quantitative estimate of drug-likeness (QED) is 0.939. The Morgan fingerprint density at radius 2 is 2.25 bits per heavy atom. The maximum Gasteiger partial charge on any atom is 0.244 e. The lowest BCUT2D eigenvalue weighted by atomic mass is 10.2. The molecule has 1 aliphatic rings. The second-order valence-corrected chi connectivity index (χ2v) is 5.74. The van der Waals surface area contributed by atoms with Crippen molar-refractivity contribution < 1.29 is 9.53 Å². The Labute approximate surface area is 121 Å². The number of morpholine rings is 1. The molecule has 1 aliphatic heterocycles. The summed E-state index contributed by atoms with van der Waals surface area (Å²) in [6, 6.07) is 3.73. The first-order chi connectivity index (χ1) is 9.75. The standard InChI is InChI=1S/C14H17N3O2S/c1-10(14(18)17-5-7-19-8-6-17)16-13-11-3-9-20-12(11)2-4-15-13/h2-4,9-10H,5-8H2,1H3,(H,15,16). The molecule has 1 unspecified atom stereocenters. The van der Waals surface area contributed by atoms with Crippen molar-refractivity contribution in [1.29, 1.82) is 0 Å². The molecule has 0 bridgehead atoms. The summed E-state index contributed by atoms with van der Waals surface area (Å²) in [6.45, 7) is 4.46. The van der Waals surface area contributed by atoms with Crippen LogP contribution in [0.1, 0.15) is 6.92 Å². The second kappa shape index (κ2) is 5.76. The first kappa shape index (κ1) is 13.3. The molecule has 1 saturated heterocycles. The maximum absolute atomic E-state index is 12.4. The number of ether oxygens (including phenoxy) is 1. The van der Waals surface area contributed by atoms with Gasteiger partial charge in [0, 0.05) is 29.4 Å². The maximum atomic E-state index is 12.4. The number of rotatable bonds is 3. The predicted molar refractivity (Wildman–Crippen MR) is 80.1 cm³/mol. The van der Waals surface area contributed by atoms with Crippen LogP contribution in [0, 0.1) is 0 Å². The smallest absolute Gasteiger partial charge is 0.244 e. The molecule has 0 spiro atoms. The summed E-state index contributed by atoms with van der Waals surface area (Å²) in [5, 5.41) is 6.33. The van der Waals surface area contributed by atoms with Gasteiger partial charge in [-0.25, -0.2) is 4.98 Å². The van der Waals surface area contributed by atoms with E-state index in [1.165, 1.54) is 4.70 Å². The number of hydrogen-bond donors (Lipinski definition) is 1. The summed E-state index contributed by atoms with van der Waals surface area (Å²) >= 11 is 1.67. The van der Waals surface area contributed by atoms with Gasteiger partial charge in [0.05, 0.1) is 13.2 Å². The molecule has 1 N–H and O–H groups in total. The molecule has 106 valence electrons. The lowest BCUT2D eigenvalue weighted by Crippen LogP contribution is -2.47. The fourth-order valence-corrected chi connectivity index (χ4v) is 3.12. The van der Waals surface area contributed by atoms with Crippen molar-refractivity contribution >= 4 is 33.1 Å². The molecule has 2 aromatic rings. The number of hydrogen-bond acceptors (Lipinski definition) is 5. The second-order valence-electron chi connectivity index (χ2n) is 4.80. The van der Waals surface area contributed by atoms with Gasteiger partial charge in [0.25, 0.3) is 0 Å². The molecule has 0 saturated carbocycles. The number of anilines is 1. The number of carbonyl (C=O) groups excluding carboxylic acids is 1. The number of aromatic nitrogens is 1. The van der Waals surface area contributed by atoms with Crippen molar-refractivity contribution in [3.05, 3.63) is 23.7 Å². The molecule has 1 atom stereocenters. The largest absolute Gasteiger partial charge is 0.378 e. The van der Waals surface area contributed by atoms with E-state index in [-0.39, 0.29) is 11.9 Å². The van der Waals surface area contributed by atoms with E-state index < -0.39 is 0 Å². The van der Waals surface area contributed by atoms with Crippen molar-refractivity contribution in [1.82, 2.24) is 9.88 Å². The van der Waals surface area contributed by atoms with E-state index in [2.05, 4.69) is 10.3 Å². The number of pyridine rings is 1. The van der Waals surface area contributed by atoms with E-state index in [4.69, 9.17) is 4.74 Å². The van der Waals surface area contributed by atoms with E-state index in [0.717, 1.165) is 11.2 Å². The van der Waals surface area contributed by atoms with Crippen LogP contribution in [0.25, 0.3) is 10.1 Å². The van der Waals surface area contributed by atoms with Crippen molar-refractivity contribution in [2.45, 2.75) is 13.0 Å². The average molecular weight is 291 g/mol. The highest BCUT2D eigenvalue weighted by atomic mass is 32.1. The van der Waals surface area contributed by atoms with Crippen molar-refractivity contribution in [3.8, 4) is 0 Å². The van der Waals surface area contributed by atoms with Crippen LogP contribution in [0.2, 0.25) is 0 Å². The molecule has 2 aromatic heterocycles. The Hall–Kier alpha value is -1.66. The Bertz CT molecular complexity index is 607. The zero-order valence-corrected chi connectivity index (χ0v) is 12.2. The predicted octanol–water partition coefficient (Wildman–Crippen LogP) is 1.96. The Balaban J connectivity index is 1.73. The Morgan fingerprint density at radius 3 is 3.05 bits per heavy atom. The van der Waals surface area contributed by atoms with Gasteiger partial charge in [-0.1, -0.05) is 0 Å². The summed E-state index contributed by atoms with van der Waals surface area (Å²) in [5.74, 6) is 0.875. The van der Waals surface area contributed by atoms with Gasteiger partial charge >= 0.3 is 0 Å². The van der Waals surface area contributed by atoms with E-state index in [0.29, 0.717) is 26.3 Å². The third kappa shape index (κ3) is 2.62. The van der Waals surface area contributed by atoms with Crippen LogP contribution in [0.5, 0.6) is 0 Å². The summed E-state index contributed by atoms with van der Waals surface area (Å²) in [4.78, 5) is 18.5. The normalized spacial score (nSPS) is 17.1. The first-order valence-electron chi connectivity index (χ1n) is 6.71. The highest BCUT2D eigenvalue weighted by molar-refractivity contribution is 7.17. The molecule has 0 radical (unpaired) electrons. The van der Waals surface area contributed by atoms with E-state index in [9.17, 15) is 4.79 Å². The van der Waals surface area contributed by atoms with Gasteiger partial charge in [0.2, 0.25) is 5.91 Å². The van der Waals surface area contributed by atoms with Crippen molar-refractivity contribution in [3.63, 3.8) is 0 Å². The fraction of sp³-hybridized carbons (Fsp3) is 0.429. The van der Waals surface area contributed by atoms with Crippen molar-refractivity contribution in [2.24, 2.45) is 0 Å². The molecule has 1 fully saturated rings. The molecular weight excluding hydrogens is 274 g/mol. The molecule has 20 heavy (non-hydrogen) atoms. The van der Waals surface area contributed by atoms with Crippen LogP contribution in [-0.2, 0) is 9.53 Å². The summed E-state index contributed by atoms with van der Waals surface area (Å²) < 4.78 is 6.44. The van der Waals surface area contributed by atoms with Gasteiger partial charge in [-0.3, -0.25) is 4.79 Å². The molecule has 3 rings (SSSR count). The van der Waals surface area contributed by atoms with E-state index in [1.54, 1.807) is 17.5 Å².